The molecule has 0 aromatic rings. The van der Waals surface area contributed by atoms with Gasteiger partial charge in [0.05, 0.1) is 0 Å². The molecule has 0 spiro atoms. The first-order chi connectivity index (χ1) is 6.50. The van der Waals surface area contributed by atoms with Crippen LogP contribution in [-0.2, 0) is 0 Å². The molecular formula is C13H19. The molecule has 0 aliphatic heterocycles. The number of rotatable bonds is 0. The maximum Gasteiger partial charge on any atom is -0.0163 e. The van der Waals surface area contributed by atoms with E-state index in [2.05, 4.69) is 36.5 Å². The Balaban J connectivity index is 2.28. The highest BCUT2D eigenvalue weighted by molar-refractivity contribution is 4.92. The molecule has 0 heterocycles. The van der Waals surface area contributed by atoms with Crippen molar-refractivity contribution in [1.29, 1.82) is 0 Å². The van der Waals surface area contributed by atoms with Crippen molar-refractivity contribution in [2.24, 2.45) is 0 Å². The van der Waals surface area contributed by atoms with Gasteiger partial charge < -0.3 is 0 Å². The molecule has 0 bridgehead atoms. The summed E-state index contributed by atoms with van der Waals surface area (Å²) in [5.74, 6) is 0. The van der Waals surface area contributed by atoms with Crippen molar-refractivity contribution >= 4 is 0 Å². The lowest BCUT2D eigenvalue weighted by molar-refractivity contribution is 0.751. The predicted octanol–water partition coefficient (Wildman–Crippen LogP) is 4.20. The van der Waals surface area contributed by atoms with Crippen molar-refractivity contribution in [2.45, 2.75) is 44.9 Å². The maximum atomic E-state index is 3.32. The fraction of sp³-hybridized carbons (Fsp3) is 0.538. The summed E-state index contributed by atoms with van der Waals surface area (Å²) in [6.45, 7) is 0. The molecule has 1 aliphatic carbocycles. The molecule has 0 fully saturated rings. The summed E-state index contributed by atoms with van der Waals surface area (Å²) in [6.07, 6.45) is 23.0. The van der Waals surface area contributed by atoms with Gasteiger partial charge in [-0.05, 0) is 51.0 Å². The minimum atomic E-state index is 1.06. The Morgan fingerprint density at radius 3 is 2.46 bits per heavy atom. The Hall–Kier alpha value is -0.780. The Kier molecular flexibility index (Phi) is 6.22. The molecule has 0 heteroatoms. The van der Waals surface area contributed by atoms with Crippen molar-refractivity contribution in [3.63, 3.8) is 0 Å². The van der Waals surface area contributed by atoms with Gasteiger partial charge in [-0.25, -0.2) is 0 Å². The molecule has 0 saturated carbocycles. The van der Waals surface area contributed by atoms with Gasteiger partial charge >= 0.3 is 0 Å². The second kappa shape index (κ2) is 7.85. The molecule has 0 N–H and O–H groups in total. The predicted molar refractivity (Wildman–Crippen MR) is 58.4 cm³/mol. The highest BCUT2D eigenvalue weighted by atomic mass is 13.9. The Bertz CT molecular complexity index is 184. The quantitative estimate of drug-likeness (QED) is 0.484. The third-order valence-corrected chi connectivity index (χ3v) is 2.17. The van der Waals surface area contributed by atoms with Crippen LogP contribution in [0.2, 0.25) is 0 Å². The van der Waals surface area contributed by atoms with Gasteiger partial charge in [0.15, 0.2) is 0 Å². The zero-order valence-corrected chi connectivity index (χ0v) is 8.34. The summed E-state index contributed by atoms with van der Waals surface area (Å²) in [4.78, 5) is 0. The van der Waals surface area contributed by atoms with Gasteiger partial charge in [-0.15, -0.1) is 0 Å². The number of hydrogen-bond donors (Lipinski definition) is 0. The molecule has 1 rings (SSSR count). The second-order valence-electron chi connectivity index (χ2n) is 3.41. The number of allylic oxidation sites excluding steroid dienone is 6. The van der Waals surface area contributed by atoms with Crippen LogP contribution in [0.25, 0.3) is 0 Å². The fourth-order valence-electron chi connectivity index (χ4n) is 1.38. The van der Waals surface area contributed by atoms with E-state index in [1.807, 2.05) is 0 Å². The Morgan fingerprint density at radius 2 is 1.54 bits per heavy atom. The molecule has 0 nitrogen and oxygen atoms in total. The highest BCUT2D eigenvalue weighted by Crippen LogP contribution is 2.04. The van der Waals surface area contributed by atoms with E-state index >= 15 is 0 Å². The van der Waals surface area contributed by atoms with Gasteiger partial charge in [0, 0.05) is 0 Å². The van der Waals surface area contributed by atoms with E-state index in [0.717, 1.165) is 12.8 Å². The lowest BCUT2D eigenvalue weighted by Gasteiger charge is -1.91. The van der Waals surface area contributed by atoms with Crippen LogP contribution in [-0.4, -0.2) is 0 Å². The molecule has 0 aromatic carbocycles. The van der Waals surface area contributed by atoms with Crippen LogP contribution >= 0.6 is 0 Å². The van der Waals surface area contributed by atoms with Crippen molar-refractivity contribution < 1.29 is 0 Å². The molecular weight excluding hydrogens is 156 g/mol. The van der Waals surface area contributed by atoms with E-state index in [1.54, 1.807) is 0 Å². The van der Waals surface area contributed by atoms with E-state index in [9.17, 15) is 0 Å². The van der Waals surface area contributed by atoms with E-state index in [0.29, 0.717) is 0 Å². The van der Waals surface area contributed by atoms with E-state index < -0.39 is 0 Å². The topological polar surface area (TPSA) is 0 Å². The third-order valence-electron chi connectivity index (χ3n) is 2.17. The van der Waals surface area contributed by atoms with Crippen LogP contribution in [0.3, 0.4) is 0 Å². The molecule has 1 aliphatic rings. The van der Waals surface area contributed by atoms with E-state index in [1.165, 1.54) is 32.1 Å². The van der Waals surface area contributed by atoms with Gasteiger partial charge in [0.25, 0.3) is 0 Å². The smallest absolute Gasteiger partial charge is 0.0163 e. The molecule has 0 atom stereocenters. The molecule has 0 aromatic heterocycles. The Labute approximate surface area is 82.0 Å². The largest absolute Gasteiger partial charge is 0.0885 e. The Morgan fingerprint density at radius 1 is 0.769 bits per heavy atom. The molecule has 0 unspecified atom stereocenters. The molecule has 0 saturated heterocycles. The van der Waals surface area contributed by atoms with E-state index in [-0.39, 0.29) is 0 Å². The molecule has 71 valence electrons. The van der Waals surface area contributed by atoms with Crippen molar-refractivity contribution in [1.82, 2.24) is 0 Å². The van der Waals surface area contributed by atoms with Gasteiger partial charge in [0.1, 0.15) is 0 Å². The molecule has 1 radical (unpaired) electrons. The standard InChI is InChI=1S/C13H19/c1-2-4-6-8-10-12-13-11-9-7-5-3-1/h1-2,5,8,10H,3-4,6,9,11-13H2. The first-order valence-corrected chi connectivity index (χ1v) is 5.35. The molecule has 13 heavy (non-hydrogen) atoms. The van der Waals surface area contributed by atoms with Crippen LogP contribution in [0.4, 0.5) is 0 Å². The van der Waals surface area contributed by atoms with Crippen LogP contribution in [0.5, 0.6) is 0 Å². The summed E-state index contributed by atoms with van der Waals surface area (Å²) >= 11 is 0. The lowest BCUT2D eigenvalue weighted by atomic mass is 10.1. The van der Waals surface area contributed by atoms with Crippen LogP contribution in [0.1, 0.15) is 44.9 Å². The zero-order valence-electron chi connectivity index (χ0n) is 8.34. The minimum absolute atomic E-state index is 1.06. The summed E-state index contributed by atoms with van der Waals surface area (Å²) in [5.41, 5.74) is 0. The highest BCUT2D eigenvalue weighted by Gasteiger charge is 1.85. The monoisotopic (exact) mass is 175 g/mol. The fourth-order valence-corrected chi connectivity index (χ4v) is 1.38. The summed E-state index contributed by atoms with van der Waals surface area (Å²) in [6, 6.07) is 0. The lowest BCUT2D eigenvalue weighted by Crippen LogP contribution is -1.72. The van der Waals surface area contributed by atoms with Crippen LogP contribution in [0, 0.1) is 6.08 Å². The van der Waals surface area contributed by atoms with Gasteiger partial charge in [0.2, 0.25) is 0 Å². The minimum Gasteiger partial charge on any atom is -0.0885 e. The second-order valence-corrected chi connectivity index (χ2v) is 3.41. The average Bonchev–Trinajstić information content (AvgIpc) is 2.18. The van der Waals surface area contributed by atoms with Crippen LogP contribution in [0.15, 0.2) is 30.4 Å². The van der Waals surface area contributed by atoms with Crippen molar-refractivity contribution in [2.75, 3.05) is 0 Å². The van der Waals surface area contributed by atoms with Crippen molar-refractivity contribution in [3.8, 4) is 0 Å². The SMILES string of the molecule is [C]1=CCC=CCCC=CCCCC1. The van der Waals surface area contributed by atoms with E-state index in [4.69, 9.17) is 0 Å². The first-order valence-electron chi connectivity index (χ1n) is 5.35. The zero-order chi connectivity index (χ0) is 9.19. The van der Waals surface area contributed by atoms with Crippen LogP contribution < -0.4 is 0 Å². The summed E-state index contributed by atoms with van der Waals surface area (Å²) in [7, 11) is 0. The number of hydrogen-bond acceptors (Lipinski definition) is 0. The third kappa shape index (κ3) is 6.39. The normalized spacial score (nSPS) is 20.3. The first kappa shape index (κ1) is 10.3. The van der Waals surface area contributed by atoms with Gasteiger partial charge in [-0.2, -0.15) is 0 Å². The molecule has 0 amide bonds. The summed E-state index contributed by atoms with van der Waals surface area (Å²) in [5, 5.41) is 0. The average molecular weight is 175 g/mol. The van der Waals surface area contributed by atoms with Gasteiger partial charge in [-0.3, -0.25) is 0 Å². The summed E-state index contributed by atoms with van der Waals surface area (Å²) < 4.78 is 0. The van der Waals surface area contributed by atoms with Crippen molar-refractivity contribution in [3.05, 3.63) is 36.5 Å². The van der Waals surface area contributed by atoms with Gasteiger partial charge in [-0.1, -0.05) is 30.4 Å². The maximum absolute atomic E-state index is 3.32.